The highest BCUT2D eigenvalue weighted by molar-refractivity contribution is 5.55. The average Bonchev–Trinajstić information content (AvgIpc) is 2.96. The zero-order valence-electron chi connectivity index (χ0n) is 24.3. The monoisotopic (exact) mass is 608 g/mol. The molecule has 0 saturated heterocycles. The molecule has 0 aliphatic carbocycles. The van der Waals surface area contributed by atoms with Crippen LogP contribution in [0.4, 0.5) is 26.3 Å². The molecule has 12 heteroatoms. The third-order valence-corrected chi connectivity index (χ3v) is 6.52. The van der Waals surface area contributed by atoms with Gasteiger partial charge in [0.2, 0.25) is 0 Å². The zero-order chi connectivity index (χ0) is 31.1. The number of benzene rings is 1. The lowest BCUT2D eigenvalue weighted by molar-refractivity contribution is -0.329. The van der Waals surface area contributed by atoms with Crippen molar-refractivity contribution in [1.82, 2.24) is 9.97 Å². The first-order valence-corrected chi connectivity index (χ1v) is 14.4. The fourth-order valence-electron chi connectivity index (χ4n) is 3.90. The van der Waals surface area contributed by atoms with Crippen LogP contribution in [-0.4, -0.2) is 72.0 Å². The van der Waals surface area contributed by atoms with Crippen molar-refractivity contribution in [1.29, 1.82) is 0 Å². The van der Waals surface area contributed by atoms with Crippen molar-refractivity contribution in [3.05, 3.63) is 42.2 Å². The highest BCUT2D eigenvalue weighted by Gasteiger charge is 2.71. The van der Waals surface area contributed by atoms with Gasteiger partial charge in [0.15, 0.2) is 5.82 Å². The first-order valence-electron chi connectivity index (χ1n) is 14.4. The van der Waals surface area contributed by atoms with Crippen LogP contribution in [-0.2, 0) is 15.9 Å². The van der Waals surface area contributed by atoms with Gasteiger partial charge in [0.05, 0.1) is 6.61 Å². The Morgan fingerprint density at radius 3 is 1.93 bits per heavy atom. The van der Waals surface area contributed by atoms with E-state index in [4.69, 9.17) is 4.74 Å². The minimum absolute atomic E-state index is 0.251. The van der Waals surface area contributed by atoms with Gasteiger partial charge in [-0.15, -0.1) is 0 Å². The van der Waals surface area contributed by atoms with Gasteiger partial charge in [-0.25, -0.2) is 9.97 Å². The summed E-state index contributed by atoms with van der Waals surface area (Å²) in [6.07, 6.45) is 11.2. The number of aryl methyl sites for hydroxylation is 1. The maximum atomic E-state index is 13.9. The highest BCUT2D eigenvalue weighted by atomic mass is 19.3. The molecule has 1 heterocycles. The molecule has 2 rings (SSSR count). The molecular weight excluding hydrogens is 566 g/mol. The second-order valence-corrected chi connectivity index (χ2v) is 10.3. The largest absolute Gasteiger partial charge is 0.491 e. The summed E-state index contributed by atoms with van der Waals surface area (Å²) in [7, 11) is 0. The van der Waals surface area contributed by atoms with Crippen molar-refractivity contribution in [2.45, 2.75) is 95.5 Å². The number of aliphatic hydroxyl groups excluding tert-OH is 1. The molecule has 0 unspecified atom stereocenters. The van der Waals surface area contributed by atoms with E-state index in [1.54, 1.807) is 43.6 Å². The first-order chi connectivity index (χ1) is 19.9. The Balaban J connectivity index is 1.75. The Hall–Kier alpha value is -2.44. The molecule has 1 N–H and O–H groups in total. The zero-order valence-corrected chi connectivity index (χ0v) is 24.3. The molecule has 1 aromatic carbocycles. The topological polar surface area (TPSA) is 73.7 Å². The van der Waals surface area contributed by atoms with Crippen molar-refractivity contribution >= 4 is 0 Å². The lowest BCUT2D eigenvalue weighted by atomic mass is 10.1. The van der Waals surface area contributed by atoms with Gasteiger partial charge in [-0.2, -0.15) is 26.3 Å². The van der Waals surface area contributed by atoms with Gasteiger partial charge in [0.1, 0.15) is 31.7 Å². The van der Waals surface area contributed by atoms with E-state index in [0.717, 1.165) is 24.0 Å². The highest BCUT2D eigenvalue weighted by Crippen LogP contribution is 2.46. The predicted molar refractivity (Wildman–Crippen MR) is 147 cm³/mol. The van der Waals surface area contributed by atoms with Crippen LogP contribution < -0.4 is 4.74 Å². The molecule has 2 aromatic rings. The van der Waals surface area contributed by atoms with Gasteiger partial charge >= 0.3 is 17.8 Å². The van der Waals surface area contributed by atoms with E-state index < -0.39 is 50.3 Å². The molecule has 0 fully saturated rings. The number of hydrogen-bond donors (Lipinski definition) is 1. The Kier molecular flexibility index (Phi) is 15.0. The summed E-state index contributed by atoms with van der Waals surface area (Å²) in [6, 6.07) is 6.59. The van der Waals surface area contributed by atoms with Gasteiger partial charge in [0.25, 0.3) is 0 Å². The lowest BCUT2D eigenvalue weighted by Crippen LogP contribution is -2.58. The van der Waals surface area contributed by atoms with Crippen LogP contribution in [0.1, 0.15) is 70.8 Å². The van der Waals surface area contributed by atoms with Crippen molar-refractivity contribution in [2.75, 3.05) is 33.0 Å². The molecule has 1 atom stereocenters. The molecule has 0 amide bonds. The second-order valence-electron chi connectivity index (χ2n) is 10.3. The SMILES string of the molecule is CCCCCCCCc1cnc(-c2ccc(OC[C@@H](O)COCC(F)(F)C(F)(F)C(F)(F)COCCCC)cc2)nc1. The molecule has 0 saturated carbocycles. The third kappa shape index (κ3) is 11.3. The standard InChI is InChI=1S/C30H42F6N2O4/c1-3-5-7-8-9-10-11-23-17-37-27(38-18-23)24-12-14-26(15-13-24)42-20-25(39)19-41-22-29(33,34)30(35,36)28(31,32)21-40-16-6-4-2/h12-15,17-18,25,39H,3-11,16,19-22H2,1-2H3/t25-/m0/s1. The lowest BCUT2D eigenvalue weighted by Gasteiger charge is -2.32. The smallest absolute Gasteiger partial charge is 0.376 e. The van der Waals surface area contributed by atoms with Gasteiger partial charge in [-0.05, 0) is 49.1 Å². The van der Waals surface area contributed by atoms with E-state index in [-0.39, 0.29) is 6.61 Å². The number of aromatic nitrogens is 2. The predicted octanol–water partition coefficient (Wildman–Crippen LogP) is 7.53. The number of aliphatic hydroxyl groups is 1. The molecule has 0 aliphatic rings. The van der Waals surface area contributed by atoms with Gasteiger partial charge in [-0.1, -0.05) is 52.4 Å². The second kappa shape index (κ2) is 17.6. The van der Waals surface area contributed by atoms with Crippen LogP contribution in [0.15, 0.2) is 36.7 Å². The summed E-state index contributed by atoms with van der Waals surface area (Å²) in [4.78, 5) is 8.82. The molecule has 238 valence electrons. The van der Waals surface area contributed by atoms with E-state index in [0.29, 0.717) is 24.4 Å². The van der Waals surface area contributed by atoms with E-state index in [9.17, 15) is 31.4 Å². The third-order valence-electron chi connectivity index (χ3n) is 6.52. The van der Waals surface area contributed by atoms with Crippen LogP contribution >= 0.6 is 0 Å². The maximum absolute atomic E-state index is 13.9. The molecule has 6 nitrogen and oxygen atoms in total. The van der Waals surface area contributed by atoms with Crippen molar-refractivity contribution in [3.8, 4) is 17.1 Å². The summed E-state index contributed by atoms with van der Waals surface area (Å²) in [5.74, 6) is -15.2. The minimum atomic E-state index is -5.71. The number of ether oxygens (including phenoxy) is 3. The Bertz CT molecular complexity index is 1010. The van der Waals surface area contributed by atoms with Crippen LogP contribution in [0.2, 0.25) is 0 Å². The van der Waals surface area contributed by atoms with E-state index in [1.165, 1.54) is 32.1 Å². The Labute approximate surface area is 243 Å². The maximum Gasteiger partial charge on any atom is 0.376 e. The van der Waals surface area contributed by atoms with Crippen molar-refractivity contribution in [3.63, 3.8) is 0 Å². The van der Waals surface area contributed by atoms with Crippen LogP contribution in [0.25, 0.3) is 11.4 Å². The molecule has 0 radical (unpaired) electrons. The van der Waals surface area contributed by atoms with E-state index in [2.05, 4.69) is 26.4 Å². The molecule has 42 heavy (non-hydrogen) atoms. The quantitative estimate of drug-likeness (QED) is 0.110. The normalized spacial score (nSPS) is 13.4. The summed E-state index contributed by atoms with van der Waals surface area (Å²) >= 11 is 0. The minimum Gasteiger partial charge on any atom is -0.491 e. The molecule has 0 bridgehead atoms. The Morgan fingerprint density at radius 2 is 1.31 bits per heavy atom. The first kappa shape index (κ1) is 35.8. The molecule has 0 spiro atoms. The van der Waals surface area contributed by atoms with Crippen LogP contribution in [0, 0.1) is 0 Å². The van der Waals surface area contributed by atoms with Crippen molar-refractivity contribution in [2.24, 2.45) is 0 Å². The summed E-state index contributed by atoms with van der Waals surface area (Å²) in [5, 5.41) is 9.94. The van der Waals surface area contributed by atoms with Crippen molar-refractivity contribution < 1.29 is 45.7 Å². The van der Waals surface area contributed by atoms with Gasteiger partial charge in [-0.3, -0.25) is 0 Å². The van der Waals surface area contributed by atoms with Crippen LogP contribution in [0.5, 0.6) is 5.75 Å². The van der Waals surface area contributed by atoms with E-state index >= 15 is 0 Å². The van der Waals surface area contributed by atoms with Gasteiger partial charge < -0.3 is 19.3 Å². The summed E-state index contributed by atoms with van der Waals surface area (Å²) in [5.41, 5.74) is 1.80. The number of unbranched alkanes of at least 4 members (excludes halogenated alkanes) is 6. The fourth-order valence-corrected chi connectivity index (χ4v) is 3.90. The Morgan fingerprint density at radius 1 is 0.738 bits per heavy atom. The number of halogens is 6. The number of nitrogens with zero attached hydrogens (tertiary/aromatic N) is 2. The van der Waals surface area contributed by atoms with E-state index in [1.807, 2.05) is 0 Å². The van der Waals surface area contributed by atoms with Crippen LogP contribution in [0.3, 0.4) is 0 Å². The average molecular weight is 609 g/mol. The number of hydrogen-bond acceptors (Lipinski definition) is 6. The summed E-state index contributed by atoms with van der Waals surface area (Å²) < 4.78 is 97.5. The molecule has 0 aliphatic heterocycles. The molecule has 1 aromatic heterocycles. The fraction of sp³-hybridized carbons (Fsp3) is 0.667. The summed E-state index contributed by atoms with van der Waals surface area (Å²) in [6.45, 7) is -1.44. The number of alkyl halides is 6. The number of rotatable bonds is 22. The molecular formula is C30H42F6N2O4. The van der Waals surface area contributed by atoms with Gasteiger partial charge in [0, 0.05) is 24.6 Å².